The number of aliphatic hydroxyl groups is 1. The lowest BCUT2D eigenvalue weighted by Crippen LogP contribution is -2.42. The fourth-order valence-electron chi connectivity index (χ4n) is 4.82. The van der Waals surface area contributed by atoms with Crippen LogP contribution in [0.3, 0.4) is 0 Å². The molecule has 3 heterocycles. The maximum atomic E-state index is 15.3. The third-order valence-electron chi connectivity index (χ3n) is 6.70. The molecule has 1 unspecified atom stereocenters. The Labute approximate surface area is 204 Å². The minimum Gasteiger partial charge on any atom is -0.497 e. The molecular formula is C26H33FN2O2S2. The fourth-order valence-corrected chi connectivity index (χ4v) is 6.54. The summed E-state index contributed by atoms with van der Waals surface area (Å²) >= 11 is 3.66. The van der Waals surface area contributed by atoms with Crippen molar-refractivity contribution in [2.24, 2.45) is 11.8 Å². The molecule has 3 aromatic rings. The van der Waals surface area contributed by atoms with E-state index in [2.05, 4.69) is 26.7 Å². The van der Waals surface area contributed by atoms with Crippen molar-refractivity contribution in [1.29, 1.82) is 0 Å². The normalized spacial score (nSPS) is 20.2. The maximum absolute atomic E-state index is 15.3. The molecule has 2 aromatic heterocycles. The van der Waals surface area contributed by atoms with E-state index in [9.17, 15) is 5.11 Å². The van der Waals surface area contributed by atoms with Crippen LogP contribution < -0.4 is 4.74 Å². The van der Waals surface area contributed by atoms with E-state index in [1.54, 1.807) is 30.7 Å². The summed E-state index contributed by atoms with van der Waals surface area (Å²) in [5, 5.41) is 15.1. The zero-order valence-electron chi connectivity index (χ0n) is 19.2. The Balaban J connectivity index is 1.27. The number of fused-ring (bicyclic) bond motifs is 1. The van der Waals surface area contributed by atoms with Crippen LogP contribution in [0.25, 0.3) is 10.9 Å². The van der Waals surface area contributed by atoms with Crippen LogP contribution in [-0.2, 0) is 0 Å². The van der Waals surface area contributed by atoms with E-state index in [1.807, 2.05) is 30.0 Å². The number of hydrogen-bond acceptors (Lipinski definition) is 6. The van der Waals surface area contributed by atoms with Gasteiger partial charge < -0.3 is 14.7 Å². The molecule has 0 spiro atoms. The van der Waals surface area contributed by atoms with Crippen LogP contribution in [0.15, 0.2) is 52.2 Å². The van der Waals surface area contributed by atoms with Gasteiger partial charge in [0, 0.05) is 35.0 Å². The van der Waals surface area contributed by atoms with E-state index in [1.165, 1.54) is 4.90 Å². The van der Waals surface area contributed by atoms with E-state index in [0.29, 0.717) is 23.7 Å². The molecule has 7 heteroatoms. The highest BCUT2D eigenvalue weighted by Crippen LogP contribution is 2.35. The van der Waals surface area contributed by atoms with Crippen molar-refractivity contribution >= 4 is 34.0 Å². The number of methoxy groups -OCH3 is 1. The minimum atomic E-state index is -1.05. The third kappa shape index (κ3) is 6.47. The number of ether oxygens (including phenoxy) is 1. The average Bonchev–Trinajstić information content (AvgIpc) is 3.38. The molecule has 4 nitrogen and oxygen atoms in total. The van der Waals surface area contributed by atoms with Crippen molar-refractivity contribution in [2.75, 3.05) is 39.1 Å². The number of rotatable bonds is 11. The van der Waals surface area contributed by atoms with Crippen LogP contribution in [0, 0.1) is 11.8 Å². The highest BCUT2D eigenvalue weighted by molar-refractivity contribution is 7.99. The molecular weight excluding hydrogens is 455 g/mol. The monoisotopic (exact) mass is 488 g/mol. The van der Waals surface area contributed by atoms with Gasteiger partial charge in [0.2, 0.25) is 0 Å². The summed E-state index contributed by atoms with van der Waals surface area (Å²) in [6.07, 6.45) is 4.07. The Morgan fingerprint density at radius 2 is 2.21 bits per heavy atom. The Bertz CT molecular complexity index is 1000. The summed E-state index contributed by atoms with van der Waals surface area (Å²) in [6.45, 7) is 3.20. The SMILES string of the molecule is COc1ccc2nccc(C(F)CC[C@@H]3CCN(CCCSc4ccsc4)C[C@@H]3CO)c2c1. The summed E-state index contributed by atoms with van der Waals surface area (Å²) in [6, 6.07) is 9.56. The average molecular weight is 489 g/mol. The number of pyridine rings is 1. The van der Waals surface area contributed by atoms with Crippen molar-refractivity contribution in [3.63, 3.8) is 0 Å². The number of nitrogens with zero attached hydrogens (tertiary/aromatic N) is 2. The molecule has 178 valence electrons. The number of hydrogen-bond donors (Lipinski definition) is 1. The van der Waals surface area contributed by atoms with Crippen LogP contribution in [0.5, 0.6) is 5.75 Å². The van der Waals surface area contributed by atoms with Gasteiger partial charge in [-0.25, -0.2) is 4.39 Å². The molecule has 1 N–H and O–H groups in total. The van der Waals surface area contributed by atoms with E-state index in [0.717, 1.165) is 55.6 Å². The molecule has 0 saturated carbocycles. The molecule has 1 aliphatic heterocycles. The zero-order chi connectivity index (χ0) is 23.0. The van der Waals surface area contributed by atoms with Gasteiger partial charge in [-0.15, -0.1) is 11.8 Å². The minimum absolute atomic E-state index is 0.178. The molecule has 1 aliphatic rings. The molecule has 1 saturated heterocycles. The quantitative estimate of drug-likeness (QED) is 0.257. The first kappa shape index (κ1) is 24.5. The van der Waals surface area contributed by atoms with Gasteiger partial charge in [0.05, 0.1) is 12.6 Å². The predicted molar refractivity (Wildman–Crippen MR) is 136 cm³/mol. The molecule has 1 fully saturated rings. The van der Waals surface area contributed by atoms with E-state index in [-0.39, 0.29) is 12.5 Å². The van der Waals surface area contributed by atoms with Gasteiger partial charge in [-0.1, -0.05) is 0 Å². The number of halogens is 1. The number of likely N-dealkylation sites (tertiary alicyclic amines) is 1. The number of alkyl halides is 1. The molecule has 0 bridgehead atoms. The third-order valence-corrected chi connectivity index (χ3v) is 8.62. The number of thioether (sulfide) groups is 1. The maximum Gasteiger partial charge on any atom is 0.126 e. The highest BCUT2D eigenvalue weighted by atomic mass is 32.2. The van der Waals surface area contributed by atoms with Gasteiger partial charge in [0.15, 0.2) is 0 Å². The second kappa shape index (κ2) is 12.2. The van der Waals surface area contributed by atoms with Gasteiger partial charge in [-0.3, -0.25) is 4.98 Å². The summed E-state index contributed by atoms with van der Waals surface area (Å²) in [5.74, 6) is 2.43. The highest BCUT2D eigenvalue weighted by Gasteiger charge is 2.29. The fraction of sp³-hybridized carbons (Fsp3) is 0.500. The Morgan fingerprint density at radius 1 is 1.30 bits per heavy atom. The summed E-state index contributed by atoms with van der Waals surface area (Å²) in [4.78, 5) is 8.19. The van der Waals surface area contributed by atoms with Crippen molar-refractivity contribution in [1.82, 2.24) is 9.88 Å². The first-order valence-corrected chi connectivity index (χ1v) is 13.7. The van der Waals surface area contributed by atoms with Gasteiger partial charge >= 0.3 is 0 Å². The smallest absolute Gasteiger partial charge is 0.126 e. The van der Waals surface area contributed by atoms with Gasteiger partial charge in [0.1, 0.15) is 11.9 Å². The molecule has 3 atom stereocenters. The van der Waals surface area contributed by atoms with E-state index < -0.39 is 6.17 Å². The Kier molecular flexibility index (Phi) is 9.01. The topological polar surface area (TPSA) is 45.6 Å². The molecule has 0 radical (unpaired) electrons. The lowest BCUT2D eigenvalue weighted by molar-refractivity contribution is 0.0640. The van der Waals surface area contributed by atoms with Crippen LogP contribution in [0.2, 0.25) is 0 Å². The first-order valence-electron chi connectivity index (χ1n) is 11.7. The second-order valence-electron chi connectivity index (χ2n) is 8.78. The number of aromatic nitrogens is 1. The lowest BCUT2D eigenvalue weighted by atomic mass is 9.81. The molecule has 4 rings (SSSR count). The van der Waals surface area contributed by atoms with Crippen LogP contribution in [-0.4, -0.2) is 54.1 Å². The van der Waals surface area contributed by atoms with Crippen molar-refractivity contribution < 1.29 is 14.2 Å². The summed E-state index contributed by atoms with van der Waals surface area (Å²) < 4.78 is 20.7. The van der Waals surface area contributed by atoms with Gasteiger partial charge in [-0.2, -0.15) is 11.3 Å². The molecule has 0 aliphatic carbocycles. The Hall–Kier alpha value is -1.67. The first-order chi connectivity index (χ1) is 16.2. The van der Waals surface area contributed by atoms with Crippen LogP contribution in [0.4, 0.5) is 4.39 Å². The van der Waals surface area contributed by atoms with E-state index in [4.69, 9.17) is 4.74 Å². The largest absolute Gasteiger partial charge is 0.497 e. The Morgan fingerprint density at radius 3 is 3.00 bits per heavy atom. The van der Waals surface area contributed by atoms with Crippen LogP contribution in [0.1, 0.15) is 37.4 Å². The lowest BCUT2D eigenvalue weighted by Gasteiger charge is -2.38. The van der Waals surface area contributed by atoms with Crippen molar-refractivity contribution in [2.45, 2.75) is 36.8 Å². The number of benzene rings is 1. The van der Waals surface area contributed by atoms with E-state index >= 15 is 4.39 Å². The number of aliphatic hydroxyl groups excluding tert-OH is 1. The molecule has 0 amide bonds. The van der Waals surface area contributed by atoms with Crippen LogP contribution >= 0.6 is 23.1 Å². The predicted octanol–water partition coefficient (Wildman–Crippen LogP) is 6.21. The number of thiophene rings is 1. The number of piperidine rings is 1. The van der Waals surface area contributed by atoms with Crippen molar-refractivity contribution in [3.8, 4) is 5.75 Å². The zero-order valence-corrected chi connectivity index (χ0v) is 20.8. The second-order valence-corrected chi connectivity index (χ2v) is 10.7. The molecule has 33 heavy (non-hydrogen) atoms. The molecule has 1 aromatic carbocycles. The summed E-state index contributed by atoms with van der Waals surface area (Å²) in [5.41, 5.74) is 1.47. The van der Waals surface area contributed by atoms with Crippen molar-refractivity contribution in [3.05, 3.63) is 52.9 Å². The standard InChI is InChI=1S/C26H33FN2O2S2/c1-31-21-4-6-26-24(15-21)23(7-10-28-26)25(27)5-3-19-8-12-29(16-20(19)17-30)11-2-13-33-22-9-14-32-18-22/h4,6-7,9-10,14-15,18-20,25,30H,2-3,5,8,11-13,16-17H2,1H3/t19-,20-,25?/m1/s1. The van der Waals surface area contributed by atoms with Gasteiger partial charge in [-0.05, 0) is 97.6 Å². The van der Waals surface area contributed by atoms with Gasteiger partial charge in [0.25, 0.3) is 0 Å². The summed E-state index contributed by atoms with van der Waals surface area (Å²) in [7, 11) is 1.62.